The van der Waals surface area contributed by atoms with Gasteiger partial charge in [0.2, 0.25) is 5.91 Å². The molecule has 0 unspecified atom stereocenters. The van der Waals surface area contributed by atoms with E-state index in [0.29, 0.717) is 6.42 Å². The number of carbonyl (C=O) groups is 1. The van der Waals surface area contributed by atoms with Crippen LogP contribution in [-0.4, -0.2) is 5.91 Å². The van der Waals surface area contributed by atoms with E-state index in [1.54, 1.807) is 34.8 Å². The molecule has 1 aliphatic heterocycles. The van der Waals surface area contributed by atoms with Gasteiger partial charge in [-0.25, -0.2) is 4.39 Å². The maximum Gasteiger partial charge on any atom is 0.225 e. The third-order valence-electron chi connectivity index (χ3n) is 3.89. The Morgan fingerprint density at radius 2 is 1.95 bits per heavy atom. The highest BCUT2D eigenvalue weighted by Gasteiger charge is 2.30. The average Bonchev–Trinajstić information content (AvgIpc) is 3.16. The van der Waals surface area contributed by atoms with Crippen molar-refractivity contribution in [2.75, 3.05) is 5.32 Å². The van der Waals surface area contributed by atoms with Crippen LogP contribution in [0.2, 0.25) is 0 Å². The average molecular weight is 329 g/mol. The van der Waals surface area contributed by atoms with E-state index in [2.05, 4.69) is 16.8 Å². The number of fused-ring (bicyclic) bond motifs is 1. The molecule has 5 heteroatoms. The van der Waals surface area contributed by atoms with Crippen LogP contribution in [-0.2, 0) is 4.79 Å². The van der Waals surface area contributed by atoms with Crippen LogP contribution in [0.3, 0.4) is 0 Å². The van der Waals surface area contributed by atoms with Gasteiger partial charge < -0.3 is 5.32 Å². The molecule has 22 heavy (non-hydrogen) atoms. The number of nitrogens with one attached hydrogen (secondary N) is 1. The van der Waals surface area contributed by atoms with Crippen LogP contribution in [0.1, 0.15) is 22.8 Å². The number of carbonyl (C=O) groups excluding carboxylic acids is 1. The summed E-state index contributed by atoms with van der Waals surface area (Å²) in [6.07, 6.45) is 0.479. The van der Waals surface area contributed by atoms with Crippen LogP contribution in [0.15, 0.2) is 46.5 Å². The van der Waals surface area contributed by atoms with Gasteiger partial charge >= 0.3 is 0 Å². The molecule has 1 N–H and O–H groups in total. The number of halogens is 1. The molecule has 1 aromatic carbocycles. The molecule has 1 amide bonds. The second-order valence-corrected chi connectivity index (χ2v) is 6.95. The lowest BCUT2D eigenvalue weighted by molar-refractivity contribution is -0.116. The summed E-state index contributed by atoms with van der Waals surface area (Å²) in [5.41, 5.74) is 3.95. The van der Waals surface area contributed by atoms with Gasteiger partial charge in [-0.05, 0) is 40.1 Å². The summed E-state index contributed by atoms with van der Waals surface area (Å²) < 4.78 is 13.1. The summed E-state index contributed by atoms with van der Waals surface area (Å²) in [5.74, 6) is -0.104. The van der Waals surface area contributed by atoms with E-state index >= 15 is 0 Å². The molecule has 0 bridgehead atoms. The Morgan fingerprint density at radius 1 is 1.14 bits per heavy atom. The number of rotatable bonds is 2. The van der Waals surface area contributed by atoms with Crippen LogP contribution in [0.25, 0.3) is 11.1 Å². The van der Waals surface area contributed by atoms with Gasteiger partial charge in [0.1, 0.15) is 5.82 Å². The normalized spacial score (nSPS) is 17.1. The first-order valence-electron chi connectivity index (χ1n) is 6.91. The maximum absolute atomic E-state index is 13.1. The summed E-state index contributed by atoms with van der Waals surface area (Å²) in [7, 11) is 0. The Kier molecular flexibility index (Phi) is 3.32. The molecule has 0 spiro atoms. The molecule has 0 radical (unpaired) electrons. The zero-order valence-electron chi connectivity index (χ0n) is 11.5. The van der Waals surface area contributed by atoms with Crippen molar-refractivity contribution in [3.8, 4) is 11.1 Å². The highest BCUT2D eigenvalue weighted by Crippen LogP contribution is 2.46. The largest absolute Gasteiger partial charge is 0.325 e. The van der Waals surface area contributed by atoms with Crippen LogP contribution >= 0.6 is 22.7 Å². The Hall–Kier alpha value is -1.98. The van der Waals surface area contributed by atoms with Crippen LogP contribution < -0.4 is 5.32 Å². The van der Waals surface area contributed by atoms with Crippen LogP contribution in [0, 0.1) is 5.82 Å². The molecule has 2 nitrogen and oxygen atoms in total. The van der Waals surface area contributed by atoms with Gasteiger partial charge in [-0.3, -0.25) is 4.79 Å². The van der Waals surface area contributed by atoms with E-state index < -0.39 is 0 Å². The van der Waals surface area contributed by atoms with E-state index in [4.69, 9.17) is 0 Å². The van der Waals surface area contributed by atoms with Gasteiger partial charge in [0.05, 0.1) is 5.69 Å². The van der Waals surface area contributed by atoms with Gasteiger partial charge in [0, 0.05) is 28.2 Å². The molecular formula is C17H12FNOS2. The van der Waals surface area contributed by atoms with Crippen molar-refractivity contribution in [1.29, 1.82) is 0 Å². The van der Waals surface area contributed by atoms with Gasteiger partial charge in [-0.1, -0.05) is 12.1 Å². The molecule has 1 aliphatic rings. The number of hydrogen-bond acceptors (Lipinski definition) is 3. The summed E-state index contributed by atoms with van der Waals surface area (Å²) in [5, 5.41) is 9.18. The van der Waals surface area contributed by atoms with Crippen molar-refractivity contribution in [2.45, 2.75) is 12.3 Å². The first kappa shape index (κ1) is 13.7. The zero-order valence-corrected chi connectivity index (χ0v) is 13.1. The third kappa shape index (κ3) is 2.26. The van der Waals surface area contributed by atoms with E-state index in [0.717, 1.165) is 16.8 Å². The fraction of sp³-hybridized carbons (Fsp3) is 0.118. The topological polar surface area (TPSA) is 29.1 Å². The van der Waals surface area contributed by atoms with Gasteiger partial charge in [0.15, 0.2) is 0 Å². The van der Waals surface area contributed by atoms with E-state index in [1.807, 2.05) is 10.8 Å². The first-order chi connectivity index (χ1) is 10.7. The summed E-state index contributed by atoms with van der Waals surface area (Å²) in [4.78, 5) is 13.3. The second kappa shape index (κ2) is 5.34. The lowest BCUT2D eigenvalue weighted by Gasteiger charge is -2.23. The molecule has 0 saturated heterocycles. The molecule has 3 aromatic rings. The van der Waals surface area contributed by atoms with Crippen molar-refractivity contribution in [1.82, 2.24) is 0 Å². The fourth-order valence-electron chi connectivity index (χ4n) is 2.81. The standard InChI is InChI=1S/C17H12FNOS2/c18-12-3-1-10(2-4-12)14-9-22-17-13(11-5-6-21-8-11)7-15(20)19-16(14)17/h1-6,8-9,13H,7H2,(H,19,20)/t13-/m1/s1. The Morgan fingerprint density at radius 3 is 2.68 bits per heavy atom. The molecule has 0 fully saturated rings. The molecule has 4 rings (SSSR count). The fourth-order valence-corrected chi connectivity index (χ4v) is 4.69. The van der Waals surface area contributed by atoms with E-state index in [9.17, 15) is 9.18 Å². The zero-order chi connectivity index (χ0) is 15.1. The van der Waals surface area contributed by atoms with Gasteiger partial charge in [-0.2, -0.15) is 11.3 Å². The first-order valence-corrected chi connectivity index (χ1v) is 8.74. The van der Waals surface area contributed by atoms with E-state index in [1.165, 1.54) is 22.6 Å². The molecule has 110 valence electrons. The maximum atomic E-state index is 13.1. The van der Waals surface area contributed by atoms with Crippen molar-refractivity contribution < 1.29 is 9.18 Å². The molecule has 1 atom stereocenters. The molecule has 3 heterocycles. The Labute approximate surface area is 135 Å². The smallest absolute Gasteiger partial charge is 0.225 e. The molecule has 2 aromatic heterocycles. The van der Waals surface area contributed by atoms with E-state index in [-0.39, 0.29) is 17.6 Å². The molecule has 0 aliphatic carbocycles. The minimum atomic E-state index is -0.256. The predicted molar refractivity (Wildman–Crippen MR) is 89.1 cm³/mol. The number of thiophene rings is 2. The van der Waals surface area contributed by atoms with Crippen LogP contribution in [0.4, 0.5) is 10.1 Å². The number of amides is 1. The van der Waals surface area contributed by atoms with Crippen LogP contribution in [0.5, 0.6) is 0 Å². The summed E-state index contributed by atoms with van der Waals surface area (Å²) in [6, 6.07) is 8.46. The predicted octanol–water partition coefficient (Wildman–Crippen LogP) is 5.09. The number of benzene rings is 1. The lowest BCUT2D eigenvalue weighted by atomic mass is 9.91. The summed E-state index contributed by atoms with van der Waals surface area (Å²) >= 11 is 3.30. The summed E-state index contributed by atoms with van der Waals surface area (Å²) in [6.45, 7) is 0. The highest BCUT2D eigenvalue weighted by molar-refractivity contribution is 7.11. The van der Waals surface area contributed by atoms with Crippen molar-refractivity contribution >= 4 is 34.3 Å². The molecule has 0 saturated carbocycles. The molecular weight excluding hydrogens is 317 g/mol. The lowest BCUT2D eigenvalue weighted by Crippen LogP contribution is -2.22. The monoisotopic (exact) mass is 329 g/mol. The highest BCUT2D eigenvalue weighted by atomic mass is 32.1. The Balaban J connectivity index is 1.82. The number of hydrogen-bond donors (Lipinski definition) is 1. The van der Waals surface area contributed by atoms with Gasteiger partial charge in [0.25, 0.3) is 0 Å². The van der Waals surface area contributed by atoms with Crippen molar-refractivity contribution in [3.05, 3.63) is 62.7 Å². The minimum absolute atomic E-state index is 0.0328. The van der Waals surface area contributed by atoms with Crippen molar-refractivity contribution in [3.63, 3.8) is 0 Å². The Bertz CT molecular complexity index is 821. The minimum Gasteiger partial charge on any atom is -0.325 e. The second-order valence-electron chi connectivity index (χ2n) is 5.26. The quantitative estimate of drug-likeness (QED) is 0.697. The third-order valence-corrected chi connectivity index (χ3v) is 5.69. The van der Waals surface area contributed by atoms with Gasteiger partial charge in [-0.15, -0.1) is 11.3 Å². The van der Waals surface area contributed by atoms with Crippen molar-refractivity contribution in [2.24, 2.45) is 0 Å². The SMILES string of the molecule is O=C1C[C@H](c2ccsc2)c2scc(-c3ccc(F)cc3)c2N1. The number of anilines is 1.